The highest BCUT2D eigenvalue weighted by atomic mass is 19.4. The normalized spacial score (nSPS) is 16.4. The zero-order chi connectivity index (χ0) is 11.6. The van der Waals surface area contributed by atoms with Crippen molar-refractivity contribution in [2.75, 3.05) is 6.54 Å². The molecule has 1 fully saturated rings. The van der Waals surface area contributed by atoms with E-state index in [4.69, 9.17) is 0 Å². The molecule has 1 aromatic heterocycles. The summed E-state index contributed by atoms with van der Waals surface area (Å²) in [7, 11) is 0. The van der Waals surface area contributed by atoms with Gasteiger partial charge >= 0.3 is 6.18 Å². The van der Waals surface area contributed by atoms with Crippen molar-refractivity contribution in [3.05, 3.63) is 23.5 Å². The summed E-state index contributed by atoms with van der Waals surface area (Å²) in [4.78, 5) is 0. The number of halogens is 3. The van der Waals surface area contributed by atoms with Gasteiger partial charge in [-0.2, -0.15) is 18.3 Å². The molecule has 0 bridgehead atoms. The first-order chi connectivity index (χ1) is 7.55. The molecule has 1 aliphatic rings. The quantitative estimate of drug-likeness (QED) is 0.858. The largest absolute Gasteiger partial charge is 0.435 e. The Hall–Kier alpha value is -1.17. The van der Waals surface area contributed by atoms with Crippen molar-refractivity contribution in [2.45, 2.75) is 31.5 Å². The molecule has 1 aliphatic carbocycles. The Balaban J connectivity index is 1.85. The number of alkyl halides is 3. The average molecular weight is 231 g/mol. The summed E-state index contributed by atoms with van der Waals surface area (Å²) in [5, 5.41) is 9.97. The van der Waals surface area contributed by atoms with E-state index >= 15 is 0 Å². The van der Waals surface area contributed by atoms with Crippen molar-refractivity contribution in [1.29, 1.82) is 0 Å². The van der Waals surface area contributed by atoms with Crippen molar-refractivity contribution in [2.24, 2.45) is 0 Å². The Morgan fingerprint density at radius 2 is 2.00 bits per heavy atom. The summed E-state index contributed by atoms with van der Waals surface area (Å²) in [5.41, 5.74) is -0.354. The van der Waals surface area contributed by atoms with Gasteiger partial charge < -0.3 is 5.32 Å². The molecule has 16 heavy (non-hydrogen) atoms. The lowest BCUT2D eigenvalue weighted by molar-refractivity contribution is -0.141. The van der Waals surface area contributed by atoms with E-state index < -0.39 is 11.9 Å². The van der Waals surface area contributed by atoms with Crippen LogP contribution in [0.25, 0.3) is 0 Å². The predicted octanol–water partition coefficient (Wildman–Crippen LogP) is 1.79. The molecule has 0 atom stereocenters. The van der Waals surface area contributed by atoms with Crippen molar-refractivity contribution in [1.82, 2.24) is 15.5 Å². The lowest BCUT2D eigenvalue weighted by Crippen LogP contribution is -2.20. The fourth-order valence-electron chi connectivity index (χ4n) is 1.34. The van der Waals surface area contributed by atoms with Gasteiger partial charge in [-0.15, -0.1) is 5.10 Å². The number of hydrogen-bond donors (Lipinski definition) is 1. The molecule has 1 heterocycles. The van der Waals surface area contributed by atoms with Crippen LogP contribution in [0, 0.1) is 0 Å². The molecule has 0 spiro atoms. The second-order valence-corrected chi connectivity index (χ2v) is 3.89. The van der Waals surface area contributed by atoms with Crippen LogP contribution in [0.5, 0.6) is 0 Å². The highest BCUT2D eigenvalue weighted by Crippen LogP contribution is 2.26. The van der Waals surface area contributed by atoms with E-state index in [1.807, 2.05) is 0 Å². The predicted molar refractivity (Wildman–Crippen MR) is 51.8 cm³/mol. The van der Waals surface area contributed by atoms with Gasteiger partial charge in [0, 0.05) is 19.0 Å². The van der Waals surface area contributed by atoms with Gasteiger partial charge in [-0.25, -0.2) is 0 Å². The maximum Gasteiger partial charge on any atom is 0.435 e. The zero-order valence-electron chi connectivity index (χ0n) is 8.59. The van der Waals surface area contributed by atoms with Crippen LogP contribution in [-0.4, -0.2) is 22.8 Å². The van der Waals surface area contributed by atoms with E-state index in [1.54, 1.807) is 0 Å². The number of nitrogens with zero attached hydrogens (tertiary/aromatic N) is 2. The molecular weight excluding hydrogens is 219 g/mol. The zero-order valence-corrected chi connectivity index (χ0v) is 8.59. The van der Waals surface area contributed by atoms with Crippen molar-refractivity contribution in [3.8, 4) is 0 Å². The number of aromatic nitrogens is 2. The van der Waals surface area contributed by atoms with Crippen molar-refractivity contribution in [3.63, 3.8) is 0 Å². The van der Waals surface area contributed by atoms with E-state index in [1.165, 1.54) is 18.9 Å². The lowest BCUT2D eigenvalue weighted by atomic mass is 10.2. The molecular formula is C10H12F3N3. The van der Waals surface area contributed by atoms with Crippen LogP contribution >= 0.6 is 0 Å². The minimum absolute atomic E-state index is 0.584. The van der Waals surface area contributed by atoms with Gasteiger partial charge in [0.05, 0.1) is 5.69 Å². The van der Waals surface area contributed by atoms with Gasteiger partial charge in [-0.1, -0.05) is 0 Å². The summed E-state index contributed by atoms with van der Waals surface area (Å²) >= 11 is 0. The summed E-state index contributed by atoms with van der Waals surface area (Å²) in [6, 6.07) is 2.95. The standard InChI is InChI=1S/C10H12F3N3/c11-10(12,13)9-4-3-8(15-16-9)5-6-14-7-1-2-7/h3-4,7,14H,1-2,5-6H2. The van der Waals surface area contributed by atoms with E-state index in [0.717, 1.165) is 12.6 Å². The number of hydrogen-bond acceptors (Lipinski definition) is 3. The van der Waals surface area contributed by atoms with Crippen LogP contribution in [0.1, 0.15) is 24.2 Å². The maximum absolute atomic E-state index is 12.2. The molecule has 0 aliphatic heterocycles. The Morgan fingerprint density at radius 3 is 2.50 bits per heavy atom. The molecule has 0 saturated heterocycles. The number of rotatable bonds is 4. The minimum atomic E-state index is -4.40. The van der Waals surface area contributed by atoms with Crippen LogP contribution in [-0.2, 0) is 12.6 Å². The molecule has 1 aromatic rings. The Labute approximate surface area is 91.1 Å². The molecule has 1 N–H and O–H groups in total. The SMILES string of the molecule is FC(F)(F)c1ccc(CCNC2CC2)nn1. The van der Waals surface area contributed by atoms with Gasteiger partial charge in [-0.05, 0) is 25.0 Å². The second-order valence-electron chi connectivity index (χ2n) is 3.89. The lowest BCUT2D eigenvalue weighted by Gasteiger charge is -2.05. The smallest absolute Gasteiger partial charge is 0.314 e. The fourth-order valence-corrected chi connectivity index (χ4v) is 1.34. The van der Waals surface area contributed by atoms with Gasteiger partial charge in [0.2, 0.25) is 0 Å². The third-order valence-electron chi connectivity index (χ3n) is 2.40. The van der Waals surface area contributed by atoms with Gasteiger partial charge in [-0.3, -0.25) is 0 Å². The highest BCUT2D eigenvalue weighted by molar-refractivity contribution is 5.09. The van der Waals surface area contributed by atoms with Crippen LogP contribution in [0.15, 0.2) is 12.1 Å². The second kappa shape index (κ2) is 4.37. The topological polar surface area (TPSA) is 37.8 Å². The molecule has 0 unspecified atom stereocenters. The maximum atomic E-state index is 12.2. The summed E-state index contributed by atoms with van der Waals surface area (Å²) < 4.78 is 36.5. The highest BCUT2D eigenvalue weighted by Gasteiger charge is 2.32. The molecule has 2 rings (SSSR count). The molecule has 88 valence electrons. The summed E-state index contributed by atoms with van der Waals surface area (Å²) in [6.07, 6.45) is -1.41. The molecule has 0 radical (unpaired) electrons. The van der Waals surface area contributed by atoms with Crippen LogP contribution in [0.2, 0.25) is 0 Å². The Bertz CT molecular complexity index is 343. The molecule has 0 amide bonds. The number of nitrogens with one attached hydrogen (secondary N) is 1. The summed E-state index contributed by atoms with van der Waals surface area (Å²) in [6.45, 7) is 0.741. The van der Waals surface area contributed by atoms with Crippen LogP contribution in [0.4, 0.5) is 13.2 Å². The molecule has 6 heteroatoms. The first-order valence-electron chi connectivity index (χ1n) is 5.19. The monoisotopic (exact) mass is 231 g/mol. The van der Waals surface area contributed by atoms with E-state index in [-0.39, 0.29) is 0 Å². The first kappa shape index (κ1) is 11.3. The van der Waals surface area contributed by atoms with Gasteiger partial charge in [0.25, 0.3) is 0 Å². The Kier molecular flexibility index (Phi) is 3.09. The third kappa shape index (κ3) is 3.16. The minimum Gasteiger partial charge on any atom is -0.314 e. The van der Waals surface area contributed by atoms with Crippen LogP contribution < -0.4 is 5.32 Å². The van der Waals surface area contributed by atoms with Crippen LogP contribution in [0.3, 0.4) is 0 Å². The van der Waals surface area contributed by atoms with Crippen molar-refractivity contribution < 1.29 is 13.2 Å². The van der Waals surface area contributed by atoms with E-state index in [2.05, 4.69) is 15.5 Å². The van der Waals surface area contributed by atoms with E-state index in [0.29, 0.717) is 18.2 Å². The van der Waals surface area contributed by atoms with E-state index in [9.17, 15) is 13.2 Å². The molecule has 1 saturated carbocycles. The molecule has 0 aromatic carbocycles. The fraction of sp³-hybridized carbons (Fsp3) is 0.600. The first-order valence-corrected chi connectivity index (χ1v) is 5.19. The Morgan fingerprint density at radius 1 is 1.25 bits per heavy atom. The van der Waals surface area contributed by atoms with Gasteiger partial charge in [0.1, 0.15) is 0 Å². The van der Waals surface area contributed by atoms with Crippen molar-refractivity contribution >= 4 is 0 Å². The average Bonchev–Trinajstić information content (AvgIpc) is 3.01. The summed E-state index contributed by atoms with van der Waals surface area (Å²) in [5.74, 6) is 0. The third-order valence-corrected chi connectivity index (χ3v) is 2.40. The van der Waals surface area contributed by atoms with Gasteiger partial charge in [0.15, 0.2) is 5.69 Å². The molecule has 3 nitrogen and oxygen atoms in total.